The molecule has 1 N–H and O–H groups in total. The molecule has 0 aromatic carbocycles. The van der Waals surface area contributed by atoms with Gasteiger partial charge in [0.25, 0.3) is 0 Å². The zero-order valence-corrected chi connectivity index (χ0v) is 9.18. The summed E-state index contributed by atoms with van der Waals surface area (Å²) in [4.78, 5) is 22.6. The zero-order valence-electron chi connectivity index (χ0n) is 9.18. The fraction of sp³-hybridized carbons (Fsp3) is 0.636. The largest absolute Gasteiger partial charge is 0.378 e. The molecule has 1 aliphatic rings. The van der Waals surface area contributed by atoms with Gasteiger partial charge in [0.2, 0.25) is 0 Å². The Morgan fingerprint density at radius 3 is 2.43 bits per heavy atom. The summed E-state index contributed by atoms with van der Waals surface area (Å²) in [5.74, 6) is 0.350. The third kappa shape index (κ3) is 1.72. The predicted octanol–water partition coefficient (Wildman–Crippen LogP) is 1.44. The summed E-state index contributed by atoms with van der Waals surface area (Å²) in [6, 6.07) is 0. The molecule has 14 heavy (non-hydrogen) atoms. The Balaban J connectivity index is 2.92. The third-order valence-electron chi connectivity index (χ3n) is 3.24. The number of ketones is 2. The molecule has 78 valence electrons. The Morgan fingerprint density at radius 2 is 2.07 bits per heavy atom. The van der Waals surface area contributed by atoms with E-state index in [1.165, 1.54) is 0 Å². The standard InChI is InChI=1S/C11H17NO2/c1-7-5-10(8(2)13)6-12-11(7,4)9(3)14/h6-7,12H,5H2,1-4H3. The van der Waals surface area contributed by atoms with Gasteiger partial charge in [-0.15, -0.1) is 0 Å². The molecule has 1 heterocycles. The van der Waals surface area contributed by atoms with Crippen LogP contribution in [0.3, 0.4) is 0 Å². The van der Waals surface area contributed by atoms with Crippen molar-refractivity contribution in [2.45, 2.75) is 39.7 Å². The number of allylic oxidation sites excluding steroid dienone is 1. The summed E-state index contributed by atoms with van der Waals surface area (Å²) < 4.78 is 0. The molecule has 0 aromatic heterocycles. The molecular weight excluding hydrogens is 178 g/mol. The van der Waals surface area contributed by atoms with Crippen molar-refractivity contribution in [3.63, 3.8) is 0 Å². The van der Waals surface area contributed by atoms with Gasteiger partial charge in [-0.1, -0.05) is 6.92 Å². The minimum Gasteiger partial charge on any atom is -0.378 e. The first kappa shape index (κ1) is 11.0. The lowest BCUT2D eigenvalue weighted by molar-refractivity contribution is -0.125. The van der Waals surface area contributed by atoms with E-state index < -0.39 is 5.54 Å². The predicted molar refractivity (Wildman–Crippen MR) is 54.8 cm³/mol. The summed E-state index contributed by atoms with van der Waals surface area (Å²) in [5.41, 5.74) is 0.259. The Hall–Kier alpha value is -1.12. The molecule has 0 aromatic rings. The van der Waals surface area contributed by atoms with Gasteiger partial charge in [0.05, 0.1) is 5.54 Å². The van der Waals surface area contributed by atoms with Crippen LogP contribution < -0.4 is 5.32 Å². The van der Waals surface area contributed by atoms with E-state index in [1.54, 1.807) is 20.0 Å². The molecule has 0 bridgehead atoms. The highest BCUT2D eigenvalue weighted by Gasteiger charge is 2.38. The number of carbonyl (C=O) groups excluding carboxylic acids is 2. The van der Waals surface area contributed by atoms with Crippen molar-refractivity contribution in [2.24, 2.45) is 5.92 Å². The van der Waals surface area contributed by atoms with Crippen molar-refractivity contribution in [3.05, 3.63) is 11.8 Å². The molecular formula is C11H17NO2. The molecule has 3 nitrogen and oxygen atoms in total. The minimum atomic E-state index is -0.515. The highest BCUT2D eigenvalue weighted by Crippen LogP contribution is 2.29. The van der Waals surface area contributed by atoms with E-state index in [4.69, 9.17) is 0 Å². The molecule has 0 aliphatic carbocycles. The molecule has 3 heteroatoms. The highest BCUT2D eigenvalue weighted by molar-refractivity contribution is 5.94. The van der Waals surface area contributed by atoms with Crippen molar-refractivity contribution in [1.82, 2.24) is 5.32 Å². The zero-order chi connectivity index (χ0) is 10.9. The Labute approximate surface area is 84.6 Å². The Morgan fingerprint density at radius 1 is 1.50 bits per heavy atom. The van der Waals surface area contributed by atoms with E-state index in [1.807, 2.05) is 13.8 Å². The van der Waals surface area contributed by atoms with Crippen LogP contribution in [-0.2, 0) is 9.59 Å². The van der Waals surface area contributed by atoms with Gasteiger partial charge < -0.3 is 5.32 Å². The van der Waals surface area contributed by atoms with Crippen LogP contribution in [0.4, 0.5) is 0 Å². The molecule has 1 aliphatic heterocycles. The number of nitrogens with one attached hydrogen (secondary N) is 1. The first-order chi connectivity index (χ1) is 6.38. The van der Waals surface area contributed by atoms with Gasteiger partial charge in [0.1, 0.15) is 0 Å². The fourth-order valence-corrected chi connectivity index (χ4v) is 1.67. The van der Waals surface area contributed by atoms with Gasteiger partial charge in [-0.2, -0.15) is 0 Å². The van der Waals surface area contributed by atoms with Crippen LogP contribution in [-0.4, -0.2) is 17.1 Å². The topological polar surface area (TPSA) is 46.2 Å². The average molecular weight is 195 g/mol. The van der Waals surface area contributed by atoms with Crippen molar-refractivity contribution in [1.29, 1.82) is 0 Å². The van der Waals surface area contributed by atoms with Crippen molar-refractivity contribution in [2.75, 3.05) is 0 Å². The molecule has 0 amide bonds. The molecule has 2 unspecified atom stereocenters. The van der Waals surface area contributed by atoms with Crippen molar-refractivity contribution >= 4 is 11.6 Å². The van der Waals surface area contributed by atoms with E-state index in [2.05, 4.69) is 5.32 Å². The van der Waals surface area contributed by atoms with E-state index >= 15 is 0 Å². The first-order valence-corrected chi connectivity index (χ1v) is 4.86. The van der Waals surface area contributed by atoms with Gasteiger partial charge in [0.15, 0.2) is 11.6 Å². The van der Waals surface area contributed by atoms with Gasteiger partial charge in [0, 0.05) is 11.8 Å². The fourth-order valence-electron chi connectivity index (χ4n) is 1.67. The molecule has 0 spiro atoms. The summed E-state index contributed by atoms with van der Waals surface area (Å²) in [6.07, 6.45) is 2.36. The quantitative estimate of drug-likeness (QED) is 0.725. The maximum absolute atomic E-state index is 11.4. The second-order valence-corrected chi connectivity index (χ2v) is 4.23. The van der Waals surface area contributed by atoms with Crippen LogP contribution >= 0.6 is 0 Å². The molecule has 0 saturated carbocycles. The lowest BCUT2D eigenvalue weighted by Gasteiger charge is -2.37. The van der Waals surface area contributed by atoms with Gasteiger partial charge in [-0.05, 0) is 33.1 Å². The van der Waals surface area contributed by atoms with E-state index in [0.29, 0.717) is 6.42 Å². The summed E-state index contributed by atoms with van der Waals surface area (Å²) >= 11 is 0. The Bertz CT molecular complexity index is 306. The maximum Gasteiger partial charge on any atom is 0.157 e. The van der Waals surface area contributed by atoms with Gasteiger partial charge in [-0.25, -0.2) is 0 Å². The SMILES string of the molecule is CC(=O)C1=CNC(C)(C(C)=O)C(C)C1. The molecule has 0 radical (unpaired) electrons. The first-order valence-electron chi connectivity index (χ1n) is 4.86. The van der Waals surface area contributed by atoms with Gasteiger partial charge in [-0.3, -0.25) is 9.59 Å². The van der Waals surface area contributed by atoms with Gasteiger partial charge >= 0.3 is 0 Å². The van der Waals surface area contributed by atoms with E-state index in [9.17, 15) is 9.59 Å². The summed E-state index contributed by atoms with van der Waals surface area (Å²) in [6.45, 7) is 7.00. The number of carbonyl (C=O) groups is 2. The monoisotopic (exact) mass is 195 g/mol. The maximum atomic E-state index is 11.4. The number of rotatable bonds is 2. The normalized spacial score (nSPS) is 31.7. The van der Waals surface area contributed by atoms with Crippen LogP contribution in [0.5, 0.6) is 0 Å². The van der Waals surface area contributed by atoms with Crippen LogP contribution in [0.15, 0.2) is 11.8 Å². The van der Waals surface area contributed by atoms with Crippen molar-refractivity contribution < 1.29 is 9.59 Å². The van der Waals surface area contributed by atoms with Crippen LogP contribution in [0.1, 0.15) is 34.1 Å². The number of hydrogen-bond acceptors (Lipinski definition) is 3. The van der Waals surface area contributed by atoms with Crippen LogP contribution in [0.2, 0.25) is 0 Å². The van der Waals surface area contributed by atoms with E-state index in [0.717, 1.165) is 5.57 Å². The summed E-state index contributed by atoms with van der Waals surface area (Å²) in [7, 11) is 0. The molecule has 0 fully saturated rings. The Kier molecular flexibility index (Phi) is 2.79. The van der Waals surface area contributed by atoms with Crippen molar-refractivity contribution in [3.8, 4) is 0 Å². The number of Topliss-reactive ketones (excluding diaryl/α,β-unsaturated/α-hetero) is 2. The molecule has 0 saturated heterocycles. The minimum absolute atomic E-state index is 0.0787. The second kappa shape index (κ2) is 3.56. The highest BCUT2D eigenvalue weighted by atomic mass is 16.1. The second-order valence-electron chi connectivity index (χ2n) is 4.23. The molecule has 2 atom stereocenters. The molecule has 1 rings (SSSR count). The van der Waals surface area contributed by atoms with Crippen LogP contribution in [0, 0.1) is 5.92 Å². The number of hydrogen-bond donors (Lipinski definition) is 1. The van der Waals surface area contributed by atoms with E-state index in [-0.39, 0.29) is 17.5 Å². The smallest absolute Gasteiger partial charge is 0.157 e. The lowest BCUT2D eigenvalue weighted by Crippen LogP contribution is -2.53. The summed E-state index contributed by atoms with van der Waals surface area (Å²) in [5, 5.41) is 3.04. The third-order valence-corrected chi connectivity index (χ3v) is 3.24. The van der Waals surface area contributed by atoms with Crippen LogP contribution in [0.25, 0.3) is 0 Å². The lowest BCUT2D eigenvalue weighted by atomic mass is 9.77. The average Bonchev–Trinajstić information content (AvgIpc) is 2.09.